The second kappa shape index (κ2) is 5.93. The predicted octanol–water partition coefficient (Wildman–Crippen LogP) is 1.80. The first kappa shape index (κ1) is 13.9. The van der Waals surface area contributed by atoms with E-state index in [1.54, 1.807) is 32.3 Å². The zero-order valence-electron chi connectivity index (χ0n) is 9.66. The van der Waals surface area contributed by atoms with Crippen LogP contribution in [0, 0.1) is 5.41 Å². The van der Waals surface area contributed by atoms with Crippen LogP contribution in [-0.4, -0.2) is 36.5 Å². The number of rotatable bonds is 4. The number of benzene rings is 1. The number of carbonyl (C=O) groups is 1. The molecule has 0 saturated carbocycles. The largest absolute Gasteiger partial charge is 0.384 e. The summed E-state index contributed by atoms with van der Waals surface area (Å²) in [5, 5.41) is 7.90. The van der Waals surface area contributed by atoms with E-state index in [1.165, 1.54) is 16.7 Å². The molecule has 6 heteroatoms. The second-order valence-corrected chi connectivity index (χ2v) is 5.03. The molecule has 0 saturated heterocycles. The molecule has 17 heavy (non-hydrogen) atoms. The number of amidine groups is 1. The van der Waals surface area contributed by atoms with Crippen molar-refractivity contribution in [3.05, 3.63) is 28.8 Å². The molecular weight excluding hydrogens is 258 g/mol. The average molecular weight is 272 g/mol. The highest BCUT2D eigenvalue weighted by Gasteiger charge is 2.12. The van der Waals surface area contributed by atoms with Crippen LogP contribution in [0.15, 0.2) is 23.1 Å². The average Bonchev–Trinajstić information content (AvgIpc) is 2.24. The molecule has 1 aromatic rings. The van der Waals surface area contributed by atoms with Gasteiger partial charge in [-0.2, -0.15) is 0 Å². The van der Waals surface area contributed by atoms with Gasteiger partial charge in [0.2, 0.25) is 5.91 Å². The summed E-state index contributed by atoms with van der Waals surface area (Å²) in [5.74, 6) is 0.216. The fourth-order valence-corrected chi connectivity index (χ4v) is 2.56. The summed E-state index contributed by atoms with van der Waals surface area (Å²) in [6, 6.07) is 5.25. The van der Waals surface area contributed by atoms with Crippen LogP contribution in [0.1, 0.15) is 5.56 Å². The molecule has 0 aliphatic heterocycles. The highest BCUT2D eigenvalue weighted by molar-refractivity contribution is 8.00. The van der Waals surface area contributed by atoms with Gasteiger partial charge in [-0.15, -0.1) is 11.8 Å². The molecule has 1 rings (SSSR count). The summed E-state index contributed by atoms with van der Waals surface area (Å²) >= 11 is 7.30. The minimum atomic E-state index is -0.0876. The topological polar surface area (TPSA) is 70.2 Å². The lowest BCUT2D eigenvalue weighted by molar-refractivity contribution is -0.125. The van der Waals surface area contributed by atoms with E-state index in [-0.39, 0.29) is 11.7 Å². The summed E-state index contributed by atoms with van der Waals surface area (Å²) in [4.78, 5) is 13.7. The van der Waals surface area contributed by atoms with Crippen molar-refractivity contribution in [1.82, 2.24) is 4.90 Å². The van der Waals surface area contributed by atoms with E-state index in [9.17, 15) is 4.79 Å². The molecule has 1 aromatic carbocycles. The molecular formula is C11H14ClN3OS. The molecule has 0 atom stereocenters. The maximum absolute atomic E-state index is 11.5. The van der Waals surface area contributed by atoms with E-state index >= 15 is 0 Å². The Morgan fingerprint density at radius 3 is 2.71 bits per heavy atom. The maximum atomic E-state index is 11.5. The number of hydrogen-bond donors (Lipinski definition) is 2. The van der Waals surface area contributed by atoms with Crippen molar-refractivity contribution in [2.45, 2.75) is 4.90 Å². The summed E-state index contributed by atoms with van der Waals surface area (Å²) in [6.45, 7) is 0. The number of nitrogen functional groups attached to an aromatic ring is 1. The Labute approximate surface area is 110 Å². The SMILES string of the molecule is CN(C)C(=O)CSc1cccc(Cl)c1C(=N)N. The Morgan fingerprint density at radius 2 is 2.18 bits per heavy atom. The lowest BCUT2D eigenvalue weighted by Gasteiger charge is -2.12. The van der Waals surface area contributed by atoms with Crippen molar-refractivity contribution < 1.29 is 4.79 Å². The van der Waals surface area contributed by atoms with Crippen LogP contribution in [-0.2, 0) is 4.79 Å². The zero-order chi connectivity index (χ0) is 13.0. The summed E-state index contributed by atoms with van der Waals surface area (Å²) in [5.41, 5.74) is 5.96. The van der Waals surface area contributed by atoms with Gasteiger partial charge >= 0.3 is 0 Å². The van der Waals surface area contributed by atoms with Crippen LogP contribution in [0.25, 0.3) is 0 Å². The Kier molecular flexibility index (Phi) is 4.84. The monoisotopic (exact) mass is 271 g/mol. The zero-order valence-corrected chi connectivity index (χ0v) is 11.2. The van der Waals surface area contributed by atoms with Gasteiger partial charge in [0.05, 0.1) is 10.8 Å². The van der Waals surface area contributed by atoms with Crippen molar-refractivity contribution in [3.8, 4) is 0 Å². The fraction of sp³-hybridized carbons (Fsp3) is 0.273. The number of nitrogens with zero attached hydrogens (tertiary/aromatic N) is 1. The third-order valence-electron chi connectivity index (χ3n) is 2.09. The maximum Gasteiger partial charge on any atom is 0.232 e. The van der Waals surface area contributed by atoms with Gasteiger partial charge in [-0.3, -0.25) is 10.2 Å². The molecule has 0 aliphatic rings. The van der Waals surface area contributed by atoms with E-state index in [0.717, 1.165) is 4.90 Å². The smallest absolute Gasteiger partial charge is 0.232 e. The second-order valence-electron chi connectivity index (χ2n) is 3.60. The number of thioether (sulfide) groups is 1. The van der Waals surface area contributed by atoms with Gasteiger partial charge in [-0.25, -0.2) is 0 Å². The van der Waals surface area contributed by atoms with Crippen molar-refractivity contribution in [2.75, 3.05) is 19.8 Å². The Balaban J connectivity index is 2.88. The van der Waals surface area contributed by atoms with Crippen LogP contribution in [0.2, 0.25) is 5.02 Å². The third kappa shape index (κ3) is 3.64. The first-order chi connectivity index (χ1) is 7.93. The van der Waals surface area contributed by atoms with Gasteiger partial charge in [-0.05, 0) is 12.1 Å². The summed E-state index contributed by atoms with van der Waals surface area (Å²) in [6.07, 6.45) is 0. The van der Waals surface area contributed by atoms with Crippen LogP contribution in [0.3, 0.4) is 0 Å². The molecule has 0 radical (unpaired) electrons. The molecule has 92 valence electrons. The van der Waals surface area contributed by atoms with Crippen molar-refractivity contribution in [2.24, 2.45) is 5.73 Å². The summed E-state index contributed by atoms with van der Waals surface area (Å²) in [7, 11) is 3.40. The van der Waals surface area contributed by atoms with Gasteiger partial charge in [0.1, 0.15) is 5.84 Å². The first-order valence-electron chi connectivity index (χ1n) is 4.89. The highest BCUT2D eigenvalue weighted by Crippen LogP contribution is 2.28. The molecule has 0 unspecified atom stereocenters. The Bertz CT molecular complexity index is 448. The summed E-state index contributed by atoms with van der Waals surface area (Å²) < 4.78 is 0. The van der Waals surface area contributed by atoms with Crippen LogP contribution in [0.4, 0.5) is 0 Å². The minimum absolute atomic E-state index is 0.00415. The van der Waals surface area contributed by atoms with Gasteiger partial charge in [0.25, 0.3) is 0 Å². The minimum Gasteiger partial charge on any atom is -0.384 e. The van der Waals surface area contributed by atoms with E-state index in [1.807, 2.05) is 0 Å². The number of halogens is 1. The first-order valence-corrected chi connectivity index (χ1v) is 6.25. The number of carbonyl (C=O) groups excluding carboxylic acids is 1. The van der Waals surface area contributed by atoms with Crippen LogP contribution in [0.5, 0.6) is 0 Å². The molecule has 4 nitrogen and oxygen atoms in total. The molecule has 1 amide bonds. The van der Waals surface area contributed by atoms with Crippen LogP contribution >= 0.6 is 23.4 Å². The Morgan fingerprint density at radius 1 is 1.53 bits per heavy atom. The van der Waals surface area contributed by atoms with Crippen molar-refractivity contribution >= 4 is 35.1 Å². The standard InChI is InChI=1S/C11H14ClN3OS/c1-15(2)9(16)6-17-8-5-3-4-7(12)10(8)11(13)14/h3-5H,6H2,1-2H3,(H3,13,14). The number of amides is 1. The van der Waals surface area contributed by atoms with Gasteiger partial charge in [0.15, 0.2) is 0 Å². The predicted molar refractivity (Wildman–Crippen MR) is 71.9 cm³/mol. The van der Waals surface area contributed by atoms with Crippen LogP contribution < -0.4 is 5.73 Å². The number of nitrogens with one attached hydrogen (secondary N) is 1. The van der Waals surface area contributed by atoms with Gasteiger partial charge < -0.3 is 10.6 Å². The van der Waals surface area contributed by atoms with Crippen molar-refractivity contribution in [3.63, 3.8) is 0 Å². The van der Waals surface area contributed by atoms with E-state index in [0.29, 0.717) is 16.3 Å². The van der Waals surface area contributed by atoms with E-state index < -0.39 is 0 Å². The lowest BCUT2D eigenvalue weighted by Crippen LogP contribution is -2.23. The van der Waals surface area contributed by atoms with E-state index in [4.69, 9.17) is 22.7 Å². The van der Waals surface area contributed by atoms with E-state index in [2.05, 4.69) is 0 Å². The lowest BCUT2D eigenvalue weighted by atomic mass is 10.2. The molecule has 0 spiro atoms. The fourth-order valence-electron chi connectivity index (χ4n) is 1.15. The normalized spacial score (nSPS) is 10.1. The highest BCUT2D eigenvalue weighted by atomic mass is 35.5. The number of hydrogen-bond acceptors (Lipinski definition) is 3. The molecule has 0 bridgehead atoms. The Hall–Kier alpha value is -1.20. The number of nitrogens with two attached hydrogens (primary N) is 1. The molecule has 0 aliphatic carbocycles. The van der Waals surface area contributed by atoms with Gasteiger partial charge in [-0.1, -0.05) is 17.7 Å². The molecule has 0 aromatic heterocycles. The molecule has 0 heterocycles. The van der Waals surface area contributed by atoms with Gasteiger partial charge in [0, 0.05) is 24.6 Å². The molecule has 3 N–H and O–H groups in total. The third-order valence-corrected chi connectivity index (χ3v) is 3.45. The molecule has 0 fully saturated rings. The quantitative estimate of drug-likeness (QED) is 0.498. The van der Waals surface area contributed by atoms with Crippen molar-refractivity contribution in [1.29, 1.82) is 5.41 Å².